The van der Waals surface area contributed by atoms with E-state index in [-0.39, 0.29) is 11.4 Å². The predicted octanol–water partition coefficient (Wildman–Crippen LogP) is 2.47. The number of benzene rings is 1. The van der Waals surface area contributed by atoms with E-state index in [1.807, 2.05) is 45.3 Å². The molecule has 1 aliphatic rings. The molecule has 1 amide bonds. The van der Waals surface area contributed by atoms with Crippen LogP contribution in [0, 0.1) is 0 Å². The van der Waals surface area contributed by atoms with E-state index in [0.29, 0.717) is 0 Å². The number of nitrogens with one attached hydrogen (secondary N) is 1. The predicted molar refractivity (Wildman–Crippen MR) is 73.1 cm³/mol. The van der Waals surface area contributed by atoms with Gasteiger partial charge in [0.15, 0.2) is 0 Å². The number of rotatable bonds is 1. The Bertz CT molecular complexity index is 677. The molecule has 0 radical (unpaired) electrons. The summed E-state index contributed by atoms with van der Waals surface area (Å²) >= 11 is 0. The molecule has 0 bridgehead atoms. The normalized spacial score (nSPS) is 17.9. The van der Waals surface area contributed by atoms with Crippen LogP contribution in [0.4, 0.5) is 0 Å². The van der Waals surface area contributed by atoms with Gasteiger partial charge in [-0.2, -0.15) is 0 Å². The lowest BCUT2D eigenvalue weighted by molar-refractivity contribution is -0.115. The number of fused-ring (bicyclic) bond motifs is 1. The Morgan fingerprint density at radius 3 is 2.61 bits per heavy atom. The van der Waals surface area contributed by atoms with Gasteiger partial charge in [-0.25, -0.2) is 0 Å². The molecule has 0 fully saturated rings. The third-order valence-electron chi connectivity index (χ3n) is 3.37. The summed E-state index contributed by atoms with van der Waals surface area (Å²) in [5.74, 6) is 0.0105. The van der Waals surface area contributed by atoms with Crippen molar-refractivity contribution in [2.75, 3.05) is 0 Å². The molecule has 0 unspecified atom stereocenters. The maximum atomic E-state index is 12.1. The number of para-hydroxylation sites is 1. The molecule has 1 N–H and O–H groups in total. The molecule has 1 aliphatic heterocycles. The fraction of sp³-hybridized carbons (Fsp3) is 0.267. The molecule has 0 saturated heterocycles. The van der Waals surface area contributed by atoms with Gasteiger partial charge < -0.3 is 9.88 Å². The molecule has 3 rings (SSSR count). The zero-order chi connectivity index (χ0) is 12.9. The van der Waals surface area contributed by atoms with Crippen LogP contribution in [0.25, 0.3) is 16.5 Å². The number of hydrogen-bond donors (Lipinski definition) is 1. The molecule has 3 nitrogen and oxygen atoms in total. The van der Waals surface area contributed by atoms with Gasteiger partial charge in [0.25, 0.3) is 5.91 Å². The zero-order valence-electron chi connectivity index (χ0n) is 10.8. The van der Waals surface area contributed by atoms with E-state index in [2.05, 4.69) is 22.0 Å². The van der Waals surface area contributed by atoms with Crippen molar-refractivity contribution in [2.24, 2.45) is 7.05 Å². The van der Waals surface area contributed by atoms with Crippen molar-refractivity contribution in [3.63, 3.8) is 0 Å². The van der Waals surface area contributed by atoms with E-state index in [1.165, 1.54) is 0 Å². The second kappa shape index (κ2) is 3.48. The third-order valence-corrected chi connectivity index (χ3v) is 3.37. The highest BCUT2D eigenvalue weighted by atomic mass is 16.2. The van der Waals surface area contributed by atoms with Crippen LogP contribution in [0.2, 0.25) is 0 Å². The minimum absolute atomic E-state index is 0.0105. The number of hydrogen-bond acceptors (Lipinski definition) is 1. The lowest BCUT2D eigenvalue weighted by Gasteiger charge is -2.13. The largest absolute Gasteiger partial charge is 0.350 e. The van der Waals surface area contributed by atoms with Crippen molar-refractivity contribution in [1.82, 2.24) is 9.88 Å². The van der Waals surface area contributed by atoms with E-state index >= 15 is 0 Å². The molecule has 2 aromatic rings. The first-order valence-electron chi connectivity index (χ1n) is 6.08. The topological polar surface area (TPSA) is 34.0 Å². The van der Waals surface area contributed by atoms with Crippen molar-refractivity contribution in [1.29, 1.82) is 0 Å². The van der Waals surface area contributed by atoms with Gasteiger partial charge in [0.05, 0.1) is 5.54 Å². The highest BCUT2D eigenvalue weighted by molar-refractivity contribution is 6.25. The molecular formula is C15H16N2O. The maximum absolute atomic E-state index is 12.1. The Balaban J connectivity index is 2.25. The first kappa shape index (κ1) is 11.1. The molecule has 1 aromatic heterocycles. The second-order valence-corrected chi connectivity index (χ2v) is 5.40. The highest BCUT2D eigenvalue weighted by Gasteiger charge is 2.30. The van der Waals surface area contributed by atoms with E-state index in [9.17, 15) is 4.79 Å². The van der Waals surface area contributed by atoms with E-state index in [1.54, 1.807) is 0 Å². The van der Waals surface area contributed by atoms with E-state index < -0.39 is 0 Å². The van der Waals surface area contributed by atoms with Crippen molar-refractivity contribution < 1.29 is 4.79 Å². The Morgan fingerprint density at radius 2 is 1.94 bits per heavy atom. The SMILES string of the molecule is Cn1cc(C2=CC(C)(C)NC2=O)c2ccccc21. The molecule has 1 aromatic carbocycles. The monoisotopic (exact) mass is 240 g/mol. The number of aryl methyl sites for hydroxylation is 1. The van der Waals surface area contributed by atoms with Gasteiger partial charge in [0.1, 0.15) is 0 Å². The van der Waals surface area contributed by atoms with Crippen molar-refractivity contribution >= 4 is 22.4 Å². The number of amides is 1. The summed E-state index contributed by atoms with van der Waals surface area (Å²) in [6.07, 6.45) is 4.04. The second-order valence-electron chi connectivity index (χ2n) is 5.40. The molecule has 0 aliphatic carbocycles. The van der Waals surface area contributed by atoms with Gasteiger partial charge in [0, 0.05) is 35.3 Å². The van der Waals surface area contributed by atoms with E-state index in [0.717, 1.165) is 22.0 Å². The summed E-state index contributed by atoms with van der Waals surface area (Å²) in [4.78, 5) is 12.1. The Morgan fingerprint density at radius 1 is 1.22 bits per heavy atom. The third kappa shape index (κ3) is 1.55. The Hall–Kier alpha value is -2.03. The molecule has 0 saturated carbocycles. The Labute approximate surface area is 106 Å². The maximum Gasteiger partial charge on any atom is 0.252 e. The fourth-order valence-electron chi connectivity index (χ4n) is 2.58. The van der Waals surface area contributed by atoms with Crippen LogP contribution >= 0.6 is 0 Å². The standard InChI is InChI=1S/C15H16N2O/c1-15(2)8-11(14(18)16-15)12-9-17(3)13-7-5-4-6-10(12)13/h4-9H,1-3H3,(H,16,18). The molecule has 0 atom stereocenters. The quantitative estimate of drug-likeness (QED) is 0.816. The van der Waals surface area contributed by atoms with Crippen LogP contribution < -0.4 is 5.32 Å². The zero-order valence-corrected chi connectivity index (χ0v) is 10.8. The van der Waals surface area contributed by atoms with Crippen LogP contribution in [0.5, 0.6) is 0 Å². The first-order chi connectivity index (χ1) is 8.48. The number of aromatic nitrogens is 1. The molecule has 0 spiro atoms. The molecule has 18 heavy (non-hydrogen) atoms. The highest BCUT2D eigenvalue weighted by Crippen LogP contribution is 2.31. The lowest BCUT2D eigenvalue weighted by atomic mass is 10.0. The minimum atomic E-state index is -0.261. The van der Waals surface area contributed by atoms with Crippen molar-refractivity contribution in [3.05, 3.63) is 42.1 Å². The molecule has 92 valence electrons. The lowest BCUT2D eigenvalue weighted by Crippen LogP contribution is -2.35. The van der Waals surface area contributed by atoms with Crippen LogP contribution in [0.15, 0.2) is 36.5 Å². The van der Waals surface area contributed by atoms with Gasteiger partial charge in [0.2, 0.25) is 0 Å². The van der Waals surface area contributed by atoms with Gasteiger partial charge in [-0.15, -0.1) is 0 Å². The summed E-state index contributed by atoms with van der Waals surface area (Å²) in [6.45, 7) is 4.01. The Kier molecular flexibility index (Phi) is 2.14. The number of carbonyl (C=O) groups is 1. The van der Waals surface area contributed by atoms with Crippen molar-refractivity contribution in [3.8, 4) is 0 Å². The average molecular weight is 240 g/mol. The minimum Gasteiger partial charge on any atom is -0.350 e. The molecular weight excluding hydrogens is 224 g/mol. The summed E-state index contributed by atoms with van der Waals surface area (Å²) in [6, 6.07) is 8.14. The summed E-state index contributed by atoms with van der Waals surface area (Å²) < 4.78 is 2.06. The van der Waals surface area contributed by atoms with Gasteiger partial charge in [-0.3, -0.25) is 4.79 Å². The summed E-state index contributed by atoms with van der Waals surface area (Å²) in [7, 11) is 2.00. The molecule has 3 heteroatoms. The smallest absolute Gasteiger partial charge is 0.252 e. The van der Waals surface area contributed by atoms with Crippen molar-refractivity contribution in [2.45, 2.75) is 19.4 Å². The summed E-state index contributed by atoms with van der Waals surface area (Å²) in [5.41, 5.74) is 2.67. The van der Waals surface area contributed by atoms with Crippen LogP contribution in [0.1, 0.15) is 19.4 Å². The van der Waals surface area contributed by atoms with Gasteiger partial charge in [-0.1, -0.05) is 18.2 Å². The number of nitrogens with zero attached hydrogens (tertiary/aromatic N) is 1. The number of carbonyl (C=O) groups excluding carboxylic acids is 1. The van der Waals surface area contributed by atoms with Crippen LogP contribution in [-0.4, -0.2) is 16.0 Å². The van der Waals surface area contributed by atoms with Crippen LogP contribution in [0.3, 0.4) is 0 Å². The van der Waals surface area contributed by atoms with Gasteiger partial charge >= 0.3 is 0 Å². The van der Waals surface area contributed by atoms with Crippen LogP contribution in [-0.2, 0) is 11.8 Å². The average Bonchev–Trinajstić information content (AvgIpc) is 2.77. The summed E-state index contributed by atoms with van der Waals surface area (Å²) in [5, 5.41) is 4.10. The van der Waals surface area contributed by atoms with Gasteiger partial charge in [-0.05, 0) is 26.0 Å². The molecule has 2 heterocycles. The fourth-order valence-corrected chi connectivity index (χ4v) is 2.58. The first-order valence-corrected chi connectivity index (χ1v) is 6.08. The van der Waals surface area contributed by atoms with E-state index in [4.69, 9.17) is 0 Å².